The summed E-state index contributed by atoms with van der Waals surface area (Å²) in [5.41, 5.74) is -0.427. The fraction of sp³-hybridized carbons (Fsp3) is 0.417. The number of ether oxygens (including phenoxy) is 1. The van der Waals surface area contributed by atoms with Crippen molar-refractivity contribution in [1.82, 2.24) is 5.32 Å². The molecule has 116 valence electrons. The highest BCUT2D eigenvalue weighted by Gasteiger charge is 2.24. The quantitative estimate of drug-likeness (QED) is 0.844. The third kappa shape index (κ3) is 4.06. The molecule has 0 bridgehead atoms. The third-order valence-corrected chi connectivity index (χ3v) is 4.81. The summed E-state index contributed by atoms with van der Waals surface area (Å²) in [5, 5.41) is 2.21. The van der Waals surface area contributed by atoms with Crippen LogP contribution in [0.5, 0.6) is 0 Å². The summed E-state index contributed by atoms with van der Waals surface area (Å²) in [4.78, 5) is 11.5. The van der Waals surface area contributed by atoms with Gasteiger partial charge < -0.3 is 10.1 Å². The lowest BCUT2D eigenvalue weighted by Gasteiger charge is -2.23. The predicted molar refractivity (Wildman–Crippen MR) is 75.8 cm³/mol. The number of nitrogens with one attached hydrogen (secondary N) is 1. The summed E-state index contributed by atoms with van der Waals surface area (Å²) in [6.45, 7) is 0.956. The molecular weight excluding hydrogens is 344 g/mol. The number of carbonyl (C=O) groups excluding carboxylic acids is 1. The fourth-order valence-corrected chi connectivity index (χ4v) is 3.51. The Balaban J connectivity index is 2.28. The minimum Gasteiger partial charge on any atom is -0.379 e. The Morgan fingerprint density at radius 1 is 1.43 bits per heavy atom. The minimum absolute atomic E-state index is 0.239. The molecule has 0 aliphatic carbocycles. The smallest absolute Gasteiger partial charge is 0.262 e. The maximum Gasteiger partial charge on any atom is 0.262 e. The molecule has 1 aliphatic heterocycles. The molecule has 1 fully saturated rings. The van der Waals surface area contributed by atoms with Gasteiger partial charge in [0, 0.05) is 17.3 Å². The molecule has 1 heterocycles. The van der Waals surface area contributed by atoms with Gasteiger partial charge in [-0.15, -0.1) is 0 Å². The summed E-state index contributed by atoms with van der Waals surface area (Å²) in [5.74, 6) is -1.65. The first-order valence-electron chi connectivity index (χ1n) is 6.11. The summed E-state index contributed by atoms with van der Waals surface area (Å²) >= 11 is 5.63. The van der Waals surface area contributed by atoms with Crippen molar-refractivity contribution in [1.29, 1.82) is 0 Å². The molecule has 1 aliphatic rings. The first kappa shape index (κ1) is 16.5. The maximum absolute atomic E-state index is 13.8. The van der Waals surface area contributed by atoms with Crippen LogP contribution < -0.4 is 5.32 Å². The second-order valence-electron chi connectivity index (χ2n) is 4.59. The Morgan fingerprint density at radius 2 is 2.14 bits per heavy atom. The zero-order chi connectivity index (χ0) is 15.6. The number of hydrogen-bond acceptors (Lipinski definition) is 4. The number of amides is 1. The number of halogens is 3. The van der Waals surface area contributed by atoms with Crippen LogP contribution in [0.4, 0.5) is 4.39 Å². The van der Waals surface area contributed by atoms with Gasteiger partial charge in [0.25, 0.3) is 15.0 Å². The van der Waals surface area contributed by atoms with Crippen LogP contribution >= 0.6 is 22.3 Å². The normalized spacial score (nSPS) is 19.3. The van der Waals surface area contributed by atoms with Crippen molar-refractivity contribution in [3.8, 4) is 0 Å². The second-order valence-corrected chi connectivity index (χ2v) is 7.53. The molecule has 1 aromatic rings. The van der Waals surface area contributed by atoms with E-state index in [1.165, 1.54) is 0 Å². The van der Waals surface area contributed by atoms with Crippen molar-refractivity contribution >= 4 is 37.2 Å². The molecule has 0 saturated carbocycles. The third-order valence-electron chi connectivity index (χ3n) is 3.02. The van der Waals surface area contributed by atoms with Crippen LogP contribution in [-0.4, -0.2) is 33.6 Å². The Hall–Kier alpha value is -0.890. The van der Waals surface area contributed by atoms with Gasteiger partial charge in [0.1, 0.15) is 10.7 Å². The van der Waals surface area contributed by atoms with Crippen molar-refractivity contribution in [3.63, 3.8) is 0 Å². The molecular formula is C12H12Cl2FNO4S. The largest absolute Gasteiger partial charge is 0.379 e. The Morgan fingerprint density at radius 3 is 2.71 bits per heavy atom. The van der Waals surface area contributed by atoms with Gasteiger partial charge in [0.15, 0.2) is 0 Å². The fourth-order valence-electron chi connectivity index (χ4n) is 2.01. The molecule has 1 amide bonds. The van der Waals surface area contributed by atoms with E-state index in [9.17, 15) is 17.6 Å². The van der Waals surface area contributed by atoms with Crippen LogP contribution in [0.15, 0.2) is 17.0 Å². The average Bonchev–Trinajstić information content (AvgIpc) is 2.38. The molecule has 1 aromatic carbocycles. The summed E-state index contributed by atoms with van der Waals surface area (Å²) in [6.07, 6.45) is 1.50. The Bertz CT molecular complexity index is 659. The molecule has 1 saturated heterocycles. The van der Waals surface area contributed by atoms with Gasteiger partial charge >= 0.3 is 0 Å². The molecule has 5 nitrogen and oxygen atoms in total. The molecule has 0 radical (unpaired) electrons. The highest BCUT2D eigenvalue weighted by atomic mass is 35.7. The summed E-state index contributed by atoms with van der Waals surface area (Å²) in [6, 6.07) is 1.35. The predicted octanol–water partition coefficient (Wildman–Crippen LogP) is 2.32. The number of hydrogen-bond donors (Lipinski definition) is 1. The van der Waals surface area contributed by atoms with Crippen LogP contribution in [0.1, 0.15) is 23.2 Å². The molecule has 1 atom stereocenters. The molecule has 0 spiro atoms. The standard InChI is InChI=1S/C12H12Cl2FNO4S/c13-9-5-10(15)8(4-11(9)21(14,18)19)12(17)16-7-2-1-3-20-6-7/h4-5,7H,1-3,6H2,(H,16,17). The van der Waals surface area contributed by atoms with Crippen molar-refractivity contribution < 1.29 is 22.3 Å². The van der Waals surface area contributed by atoms with Crippen LogP contribution in [0.3, 0.4) is 0 Å². The van der Waals surface area contributed by atoms with Crippen LogP contribution in [0.25, 0.3) is 0 Å². The van der Waals surface area contributed by atoms with E-state index in [1.807, 2.05) is 0 Å². The average molecular weight is 356 g/mol. The van der Waals surface area contributed by atoms with Crippen LogP contribution in [0, 0.1) is 5.82 Å². The highest BCUT2D eigenvalue weighted by Crippen LogP contribution is 2.27. The van der Waals surface area contributed by atoms with E-state index >= 15 is 0 Å². The first-order valence-corrected chi connectivity index (χ1v) is 8.80. The van der Waals surface area contributed by atoms with E-state index < -0.39 is 31.2 Å². The Labute approximate surface area is 130 Å². The minimum atomic E-state index is -4.17. The van der Waals surface area contributed by atoms with Gasteiger partial charge in [-0.2, -0.15) is 0 Å². The second kappa shape index (κ2) is 6.48. The molecule has 21 heavy (non-hydrogen) atoms. The van der Waals surface area contributed by atoms with Gasteiger partial charge in [-0.05, 0) is 25.0 Å². The van der Waals surface area contributed by atoms with E-state index in [4.69, 9.17) is 27.0 Å². The van der Waals surface area contributed by atoms with Gasteiger partial charge in [-0.3, -0.25) is 4.79 Å². The van der Waals surface area contributed by atoms with E-state index in [0.29, 0.717) is 19.6 Å². The summed E-state index contributed by atoms with van der Waals surface area (Å²) < 4.78 is 41.7. The SMILES string of the molecule is O=C(NC1CCCOC1)c1cc(S(=O)(=O)Cl)c(Cl)cc1F. The van der Waals surface area contributed by atoms with Gasteiger partial charge in [-0.1, -0.05) is 11.6 Å². The van der Waals surface area contributed by atoms with Gasteiger partial charge in [0.05, 0.1) is 23.2 Å². The van der Waals surface area contributed by atoms with Crippen molar-refractivity contribution in [2.24, 2.45) is 0 Å². The van der Waals surface area contributed by atoms with Gasteiger partial charge in [-0.25, -0.2) is 12.8 Å². The lowest BCUT2D eigenvalue weighted by Crippen LogP contribution is -2.40. The number of rotatable bonds is 3. The molecule has 1 unspecified atom stereocenters. The first-order chi connectivity index (χ1) is 9.79. The lowest BCUT2D eigenvalue weighted by molar-refractivity contribution is 0.0622. The van der Waals surface area contributed by atoms with E-state index in [2.05, 4.69) is 5.32 Å². The van der Waals surface area contributed by atoms with Crippen LogP contribution in [-0.2, 0) is 13.8 Å². The monoisotopic (exact) mass is 355 g/mol. The van der Waals surface area contributed by atoms with Crippen molar-refractivity contribution in [2.75, 3.05) is 13.2 Å². The zero-order valence-corrected chi connectivity index (χ0v) is 13.1. The molecule has 2 rings (SSSR count). The van der Waals surface area contributed by atoms with Crippen LogP contribution in [0.2, 0.25) is 5.02 Å². The zero-order valence-electron chi connectivity index (χ0n) is 10.7. The van der Waals surface area contributed by atoms with Crippen molar-refractivity contribution in [2.45, 2.75) is 23.8 Å². The number of benzene rings is 1. The van der Waals surface area contributed by atoms with E-state index in [-0.39, 0.29) is 11.1 Å². The van der Waals surface area contributed by atoms with E-state index in [1.54, 1.807) is 0 Å². The van der Waals surface area contributed by atoms with E-state index in [0.717, 1.165) is 18.6 Å². The van der Waals surface area contributed by atoms with Gasteiger partial charge in [0.2, 0.25) is 0 Å². The lowest BCUT2D eigenvalue weighted by atomic mass is 10.1. The summed E-state index contributed by atoms with van der Waals surface area (Å²) in [7, 11) is 1.03. The topological polar surface area (TPSA) is 72.5 Å². The highest BCUT2D eigenvalue weighted by molar-refractivity contribution is 8.13. The maximum atomic E-state index is 13.8. The molecule has 1 N–H and O–H groups in total. The molecule has 9 heteroatoms. The molecule has 0 aromatic heterocycles. The van der Waals surface area contributed by atoms with Crippen molar-refractivity contribution in [3.05, 3.63) is 28.5 Å². The Kier molecular flexibility index (Phi) is 5.08. The number of carbonyl (C=O) groups is 1.